The number of carbonyl (C=O) groups is 2. The second kappa shape index (κ2) is 9.60. The van der Waals surface area contributed by atoms with Crippen molar-refractivity contribution in [2.24, 2.45) is 0 Å². The number of hydrogen-bond donors (Lipinski definition) is 3. The summed E-state index contributed by atoms with van der Waals surface area (Å²) < 4.78 is 13.3. The molecule has 1 saturated carbocycles. The Morgan fingerprint density at radius 3 is 2.41 bits per heavy atom. The van der Waals surface area contributed by atoms with Crippen molar-refractivity contribution in [1.29, 1.82) is 0 Å². The van der Waals surface area contributed by atoms with Crippen LogP contribution in [-0.4, -0.2) is 40.1 Å². The maximum absolute atomic E-state index is 13.3. The van der Waals surface area contributed by atoms with E-state index < -0.39 is 6.10 Å². The number of amides is 2. The normalized spacial score (nSPS) is 20.0. The quantitative estimate of drug-likeness (QED) is 0.697. The molecular formula is C22H26FN3O3. The average Bonchev–Trinajstić information content (AvgIpc) is 2.74. The molecule has 1 aromatic heterocycles. The highest BCUT2D eigenvalue weighted by molar-refractivity contribution is 5.94. The fourth-order valence-corrected chi connectivity index (χ4v) is 3.48. The first kappa shape index (κ1) is 20.9. The zero-order valence-electron chi connectivity index (χ0n) is 16.4. The Bertz CT molecular complexity index is 849. The third-order valence-electron chi connectivity index (χ3n) is 5.24. The van der Waals surface area contributed by atoms with Gasteiger partial charge in [0.25, 0.3) is 5.91 Å². The van der Waals surface area contributed by atoms with E-state index in [1.165, 1.54) is 18.3 Å². The number of halogens is 1. The molecule has 2 amide bonds. The van der Waals surface area contributed by atoms with Crippen molar-refractivity contribution in [1.82, 2.24) is 15.6 Å². The van der Waals surface area contributed by atoms with Crippen LogP contribution in [0.2, 0.25) is 0 Å². The van der Waals surface area contributed by atoms with Crippen LogP contribution in [0.4, 0.5) is 4.39 Å². The lowest BCUT2D eigenvalue weighted by Crippen LogP contribution is -2.46. The zero-order chi connectivity index (χ0) is 20.8. The number of aromatic nitrogens is 1. The molecular weight excluding hydrogens is 373 g/mol. The third-order valence-corrected chi connectivity index (χ3v) is 5.24. The molecule has 2 aromatic rings. The number of carbonyl (C=O) groups excluding carboxylic acids is 2. The second-order valence-corrected chi connectivity index (χ2v) is 7.40. The highest BCUT2D eigenvalue weighted by Gasteiger charge is 2.25. The number of rotatable bonds is 6. The van der Waals surface area contributed by atoms with Gasteiger partial charge >= 0.3 is 0 Å². The SMILES string of the molecule is CC[C@@H](O)C(=O)NC1CCC(NC(=O)c2ccc(-c3cccc(F)c3)nc2)CC1. The van der Waals surface area contributed by atoms with Crippen LogP contribution in [0.1, 0.15) is 49.4 Å². The van der Waals surface area contributed by atoms with Crippen molar-refractivity contribution in [2.75, 3.05) is 0 Å². The summed E-state index contributed by atoms with van der Waals surface area (Å²) in [6, 6.07) is 9.61. The van der Waals surface area contributed by atoms with Crippen LogP contribution in [-0.2, 0) is 4.79 Å². The molecule has 0 radical (unpaired) electrons. The summed E-state index contributed by atoms with van der Waals surface area (Å²) in [5.74, 6) is -0.858. The third kappa shape index (κ3) is 5.60. The zero-order valence-corrected chi connectivity index (χ0v) is 16.4. The second-order valence-electron chi connectivity index (χ2n) is 7.40. The monoisotopic (exact) mass is 399 g/mol. The van der Waals surface area contributed by atoms with Crippen molar-refractivity contribution in [3.63, 3.8) is 0 Å². The van der Waals surface area contributed by atoms with Crippen molar-refractivity contribution in [2.45, 2.75) is 57.2 Å². The van der Waals surface area contributed by atoms with E-state index in [1.54, 1.807) is 31.2 Å². The molecule has 3 rings (SSSR count). The molecule has 3 N–H and O–H groups in total. The van der Waals surface area contributed by atoms with Gasteiger partial charge in [0.2, 0.25) is 5.91 Å². The van der Waals surface area contributed by atoms with E-state index in [4.69, 9.17) is 0 Å². The number of nitrogens with zero attached hydrogens (tertiary/aromatic N) is 1. The Hall–Kier alpha value is -2.80. The van der Waals surface area contributed by atoms with Crippen LogP contribution in [0.5, 0.6) is 0 Å². The lowest BCUT2D eigenvalue weighted by molar-refractivity contribution is -0.130. The Kier molecular flexibility index (Phi) is 6.93. The molecule has 154 valence electrons. The van der Waals surface area contributed by atoms with Gasteiger partial charge in [-0.1, -0.05) is 19.1 Å². The molecule has 0 bridgehead atoms. The van der Waals surface area contributed by atoms with Crippen LogP contribution >= 0.6 is 0 Å². The summed E-state index contributed by atoms with van der Waals surface area (Å²) in [5.41, 5.74) is 1.71. The van der Waals surface area contributed by atoms with Crippen LogP contribution in [0.15, 0.2) is 42.6 Å². The highest BCUT2D eigenvalue weighted by Crippen LogP contribution is 2.20. The van der Waals surface area contributed by atoms with Gasteiger partial charge in [-0.2, -0.15) is 0 Å². The molecule has 1 aromatic carbocycles. The van der Waals surface area contributed by atoms with Gasteiger partial charge in [0.1, 0.15) is 11.9 Å². The fraction of sp³-hybridized carbons (Fsp3) is 0.409. The summed E-state index contributed by atoms with van der Waals surface area (Å²) in [6.07, 6.45) is 3.95. The van der Waals surface area contributed by atoms with Gasteiger partial charge in [0.05, 0.1) is 11.3 Å². The number of aliphatic hydroxyl groups excluding tert-OH is 1. The van der Waals surface area contributed by atoms with E-state index in [0.717, 1.165) is 25.7 Å². The van der Waals surface area contributed by atoms with Crippen LogP contribution in [0.25, 0.3) is 11.3 Å². The first-order valence-electron chi connectivity index (χ1n) is 9.97. The van der Waals surface area contributed by atoms with Crippen molar-refractivity contribution < 1.29 is 19.1 Å². The van der Waals surface area contributed by atoms with E-state index in [-0.39, 0.29) is 29.7 Å². The Balaban J connectivity index is 1.50. The molecule has 0 saturated heterocycles. The first-order chi connectivity index (χ1) is 14.0. The van der Waals surface area contributed by atoms with E-state index >= 15 is 0 Å². The van der Waals surface area contributed by atoms with Crippen LogP contribution in [0, 0.1) is 5.82 Å². The summed E-state index contributed by atoms with van der Waals surface area (Å²) >= 11 is 0. The van der Waals surface area contributed by atoms with Crippen LogP contribution in [0.3, 0.4) is 0 Å². The minimum Gasteiger partial charge on any atom is -0.383 e. The summed E-state index contributed by atoms with van der Waals surface area (Å²) in [5, 5.41) is 15.4. The van der Waals surface area contributed by atoms with Crippen molar-refractivity contribution in [3.8, 4) is 11.3 Å². The van der Waals surface area contributed by atoms with E-state index in [1.807, 2.05) is 0 Å². The highest BCUT2D eigenvalue weighted by atomic mass is 19.1. The molecule has 1 aliphatic rings. The molecule has 29 heavy (non-hydrogen) atoms. The standard InChI is InChI=1S/C22H26FN3O3/c1-2-20(27)22(29)26-18-9-7-17(8-10-18)25-21(28)15-6-11-19(24-13-15)14-4-3-5-16(23)12-14/h3-6,11-13,17-18,20,27H,2,7-10H2,1H3,(H,25,28)(H,26,29)/t17?,18?,20-/m1/s1. The number of nitrogens with one attached hydrogen (secondary N) is 2. The molecule has 6 nitrogen and oxygen atoms in total. The number of pyridine rings is 1. The van der Waals surface area contributed by atoms with E-state index in [0.29, 0.717) is 23.2 Å². The van der Waals surface area contributed by atoms with E-state index in [9.17, 15) is 19.1 Å². The minimum absolute atomic E-state index is 0.0315. The molecule has 0 aliphatic heterocycles. The molecule has 0 spiro atoms. The summed E-state index contributed by atoms with van der Waals surface area (Å²) in [4.78, 5) is 28.5. The molecule has 1 aliphatic carbocycles. The Morgan fingerprint density at radius 1 is 1.14 bits per heavy atom. The van der Waals surface area contributed by atoms with Gasteiger partial charge < -0.3 is 15.7 Å². The van der Waals surface area contributed by atoms with Crippen LogP contribution < -0.4 is 10.6 Å². The fourth-order valence-electron chi connectivity index (χ4n) is 3.48. The van der Waals surface area contributed by atoms with Gasteiger partial charge in [-0.25, -0.2) is 4.39 Å². The topological polar surface area (TPSA) is 91.3 Å². The minimum atomic E-state index is -0.963. The molecule has 1 heterocycles. The van der Waals surface area contributed by atoms with Gasteiger partial charge in [-0.15, -0.1) is 0 Å². The Morgan fingerprint density at radius 2 is 1.83 bits per heavy atom. The van der Waals surface area contributed by atoms with Gasteiger partial charge in [-0.3, -0.25) is 14.6 Å². The largest absolute Gasteiger partial charge is 0.383 e. The predicted molar refractivity (Wildman–Crippen MR) is 108 cm³/mol. The summed E-state index contributed by atoms with van der Waals surface area (Å²) in [6.45, 7) is 1.76. The molecule has 0 unspecified atom stereocenters. The molecule has 1 fully saturated rings. The van der Waals surface area contributed by atoms with Gasteiger partial charge in [0.15, 0.2) is 0 Å². The van der Waals surface area contributed by atoms with Gasteiger partial charge in [-0.05, 0) is 56.4 Å². The predicted octanol–water partition coefficient (Wildman–Crippen LogP) is 2.82. The molecule has 1 atom stereocenters. The smallest absolute Gasteiger partial charge is 0.253 e. The molecule has 7 heteroatoms. The summed E-state index contributed by atoms with van der Waals surface area (Å²) in [7, 11) is 0. The number of benzene rings is 1. The van der Waals surface area contributed by atoms with E-state index in [2.05, 4.69) is 15.6 Å². The number of hydrogen-bond acceptors (Lipinski definition) is 4. The van der Waals surface area contributed by atoms with Crippen molar-refractivity contribution in [3.05, 3.63) is 54.0 Å². The first-order valence-corrected chi connectivity index (χ1v) is 9.97. The maximum Gasteiger partial charge on any atom is 0.253 e. The number of aliphatic hydroxyl groups is 1. The Labute approximate surface area is 169 Å². The lowest BCUT2D eigenvalue weighted by atomic mass is 9.90. The average molecular weight is 399 g/mol. The maximum atomic E-state index is 13.3. The van der Waals surface area contributed by atoms with Crippen molar-refractivity contribution >= 4 is 11.8 Å². The van der Waals surface area contributed by atoms with Gasteiger partial charge in [0, 0.05) is 23.8 Å². The lowest BCUT2D eigenvalue weighted by Gasteiger charge is -2.30.